The molecule has 1 aromatic carbocycles. The van der Waals surface area contributed by atoms with Crippen molar-refractivity contribution in [2.45, 2.75) is 6.92 Å². The molecule has 0 radical (unpaired) electrons. The van der Waals surface area contributed by atoms with Crippen molar-refractivity contribution in [3.8, 4) is 0 Å². The first-order valence-corrected chi connectivity index (χ1v) is 5.42. The van der Waals surface area contributed by atoms with Crippen LogP contribution in [0.5, 0.6) is 0 Å². The van der Waals surface area contributed by atoms with E-state index in [9.17, 15) is 0 Å². The van der Waals surface area contributed by atoms with Crippen LogP contribution < -0.4 is 5.32 Å². The molecule has 0 saturated carbocycles. The van der Waals surface area contributed by atoms with Crippen LogP contribution >= 0.6 is 23.2 Å². The first kappa shape index (κ1) is 11.2. The average molecular weight is 254 g/mol. The number of nitrogens with one attached hydrogen (secondary N) is 1. The lowest BCUT2D eigenvalue weighted by Gasteiger charge is -2.07. The molecule has 0 amide bonds. The second kappa shape index (κ2) is 4.68. The maximum absolute atomic E-state index is 5.93. The van der Waals surface area contributed by atoms with Crippen molar-refractivity contribution in [3.63, 3.8) is 0 Å². The second-order valence-corrected chi connectivity index (χ2v) is 4.07. The van der Waals surface area contributed by atoms with E-state index in [-0.39, 0.29) is 5.28 Å². The smallest absolute Gasteiger partial charge is 0.224 e. The van der Waals surface area contributed by atoms with Gasteiger partial charge in [0.15, 0.2) is 5.82 Å². The molecule has 16 heavy (non-hydrogen) atoms. The molecular formula is C11H9Cl2N3. The molecule has 1 aromatic heterocycles. The number of anilines is 2. The number of hydrogen-bond acceptors (Lipinski definition) is 3. The molecule has 0 unspecified atom stereocenters. The summed E-state index contributed by atoms with van der Waals surface area (Å²) in [7, 11) is 0. The molecule has 3 nitrogen and oxygen atoms in total. The van der Waals surface area contributed by atoms with Crippen LogP contribution in [0.25, 0.3) is 0 Å². The quantitative estimate of drug-likeness (QED) is 0.827. The van der Waals surface area contributed by atoms with Crippen molar-refractivity contribution in [3.05, 3.63) is 46.3 Å². The zero-order valence-electron chi connectivity index (χ0n) is 8.54. The molecule has 1 N–H and O–H groups in total. The van der Waals surface area contributed by atoms with Crippen LogP contribution in [0, 0.1) is 6.92 Å². The molecule has 0 aliphatic carbocycles. The van der Waals surface area contributed by atoms with Crippen LogP contribution in [-0.2, 0) is 0 Å². The minimum absolute atomic E-state index is 0.166. The summed E-state index contributed by atoms with van der Waals surface area (Å²) >= 11 is 11.6. The predicted molar refractivity (Wildman–Crippen MR) is 66.5 cm³/mol. The molecule has 1 heterocycles. The van der Waals surface area contributed by atoms with Gasteiger partial charge in [0.1, 0.15) is 5.02 Å². The van der Waals surface area contributed by atoms with E-state index in [1.165, 1.54) is 11.8 Å². The molecule has 82 valence electrons. The van der Waals surface area contributed by atoms with E-state index < -0.39 is 0 Å². The molecule has 2 aromatic rings. The van der Waals surface area contributed by atoms with Gasteiger partial charge in [-0.3, -0.25) is 0 Å². The lowest BCUT2D eigenvalue weighted by Crippen LogP contribution is -1.96. The molecule has 2 rings (SSSR count). The van der Waals surface area contributed by atoms with Gasteiger partial charge < -0.3 is 5.32 Å². The lowest BCUT2D eigenvalue weighted by atomic mass is 10.2. The summed E-state index contributed by atoms with van der Waals surface area (Å²) in [5.41, 5.74) is 2.10. The Bertz CT molecular complexity index is 497. The van der Waals surface area contributed by atoms with E-state index in [0.717, 1.165) is 5.69 Å². The standard InChI is InChI=1S/C11H9Cl2N3/c1-7-2-4-8(5-3-7)15-10-9(12)6-14-11(13)16-10/h2-6H,1H3,(H,14,15,16). The monoisotopic (exact) mass is 253 g/mol. The summed E-state index contributed by atoms with van der Waals surface area (Å²) in [6.07, 6.45) is 1.47. The molecule has 0 aliphatic heterocycles. The molecular weight excluding hydrogens is 245 g/mol. The van der Waals surface area contributed by atoms with E-state index in [0.29, 0.717) is 10.8 Å². The maximum Gasteiger partial charge on any atom is 0.224 e. The zero-order chi connectivity index (χ0) is 11.5. The molecule has 0 spiro atoms. The highest BCUT2D eigenvalue weighted by atomic mass is 35.5. The second-order valence-electron chi connectivity index (χ2n) is 3.33. The number of hydrogen-bond donors (Lipinski definition) is 1. The van der Waals surface area contributed by atoms with Crippen LogP contribution in [0.15, 0.2) is 30.5 Å². The first-order valence-electron chi connectivity index (χ1n) is 4.67. The molecule has 0 fully saturated rings. The highest BCUT2D eigenvalue weighted by Crippen LogP contribution is 2.23. The fourth-order valence-corrected chi connectivity index (χ4v) is 1.48. The lowest BCUT2D eigenvalue weighted by molar-refractivity contribution is 1.17. The van der Waals surface area contributed by atoms with E-state index >= 15 is 0 Å². The fraction of sp³-hybridized carbons (Fsp3) is 0.0909. The summed E-state index contributed by atoms with van der Waals surface area (Å²) < 4.78 is 0. The molecule has 0 bridgehead atoms. The van der Waals surface area contributed by atoms with Crippen molar-refractivity contribution in [2.24, 2.45) is 0 Å². The van der Waals surface area contributed by atoms with Crippen LogP contribution in [0.2, 0.25) is 10.3 Å². The Balaban J connectivity index is 2.26. The van der Waals surface area contributed by atoms with Gasteiger partial charge in [-0.2, -0.15) is 4.98 Å². The fourth-order valence-electron chi connectivity index (χ4n) is 1.21. The van der Waals surface area contributed by atoms with E-state index in [1.54, 1.807) is 0 Å². The summed E-state index contributed by atoms with van der Waals surface area (Å²) in [5, 5.41) is 3.67. The highest BCUT2D eigenvalue weighted by Gasteiger charge is 2.04. The molecule has 5 heteroatoms. The summed E-state index contributed by atoms with van der Waals surface area (Å²) in [6, 6.07) is 7.89. The van der Waals surface area contributed by atoms with E-state index in [4.69, 9.17) is 23.2 Å². The Labute approximate surface area is 103 Å². The van der Waals surface area contributed by atoms with Crippen molar-refractivity contribution < 1.29 is 0 Å². The number of rotatable bonds is 2. The average Bonchev–Trinajstić information content (AvgIpc) is 2.27. The van der Waals surface area contributed by atoms with Crippen LogP contribution in [0.4, 0.5) is 11.5 Å². The topological polar surface area (TPSA) is 37.8 Å². The van der Waals surface area contributed by atoms with Gasteiger partial charge in [0.05, 0.1) is 6.20 Å². The first-order chi connectivity index (χ1) is 7.65. The molecule has 0 saturated heterocycles. The minimum atomic E-state index is 0.166. The third-order valence-electron chi connectivity index (χ3n) is 2.03. The van der Waals surface area contributed by atoms with Crippen LogP contribution in [0.1, 0.15) is 5.56 Å². The number of benzene rings is 1. The van der Waals surface area contributed by atoms with E-state index in [1.807, 2.05) is 31.2 Å². The minimum Gasteiger partial charge on any atom is -0.339 e. The van der Waals surface area contributed by atoms with E-state index in [2.05, 4.69) is 15.3 Å². The Kier molecular flexibility index (Phi) is 3.27. The van der Waals surface area contributed by atoms with Gasteiger partial charge in [-0.1, -0.05) is 29.3 Å². The third-order valence-corrected chi connectivity index (χ3v) is 2.49. The number of aryl methyl sites for hydroxylation is 1. The molecule has 0 atom stereocenters. The summed E-state index contributed by atoms with van der Waals surface area (Å²) in [6.45, 7) is 2.03. The van der Waals surface area contributed by atoms with Gasteiger partial charge in [0, 0.05) is 5.69 Å². The van der Waals surface area contributed by atoms with Crippen molar-refractivity contribution in [2.75, 3.05) is 5.32 Å². The van der Waals surface area contributed by atoms with Gasteiger partial charge in [-0.25, -0.2) is 4.98 Å². The van der Waals surface area contributed by atoms with Crippen LogP contribution in [0.3, 0.4) is 0 Å². The Morgan fingerprint density at radius 1 is 1.12 bits per heavy atom. The Hall–Kier alpha value is -1.32. The summed E-state index contributed by atoms with van der Waals surface area (Å²) in [5.74, 6) is 0.505. The normalized spacial score (nSPS) is 10.2. The van der Waals surface area contributed by atoms with Crippen molar-refractivity contribution in [1.82, 2.24) is 9.97 Å². The largest absolute Gasteiger partial charge is 0.339 e. The van der Waals surface area contributed by atoms with Gasteiger partial charge in [-0.15, -0.1) is 0 Å². The highest BCUT2D eigenvalue weighted by molar-refractivity contribution is 6.33. The Morgan fingerprint density at radius 3 is 2.50 bits per heavy atom. The van der Waals surface area contributed by atoms with Crippen molar-refractivity contribution >= 4 is 34.7 Å². The maximum atomic E-state index is 5.93. The number of nitrogens with zero attached hydrogens (tertiary/aromatic N) is 2. The van der Waals surface area contributed by atoms with Gasteiger partial charge in [0.25, 0.3) is 0 Å². The van der Waals surface area contributed by atoms with Crippen LogP contribution in [-0.4, -0.2) is 9.97 Å². The summed E-state index contributed by atoms with van der Waals surface area (Å²) in [4.78, 5) is 7.78. The van der Waals surface area contributed by atoms with Crippen molar-refractivity contribution in [1.29, 1.82) is 0 Å². The Morgan fingerprint density at radius 2 is 1.81 bits per heavy atom. The van der Waals surface area contributed by atoms with Gasteiger partial charge in [0.2, 0.25) is 5.28 Å². The SMILES string of the molecule is Cc1ccc(Nc2nc(Cl)ncc2Cl)cc1. The van der Waals surface area contributed by atoms with Gasteiger partial charge >= 0.3 is 0 Å². The number of halogens is 2. The zero-order valence-corrected chi connectivity index (χ0v) is 10.0. The third kappa shape index (κ3) is 2.62. The molecule has 0 aliphatic rings. The van der Waals surface area contributed by atoms with Gasteiger partial charge in [-0.05, 0) is 30.7 Å². The predicted octanol–water partition coefficient (Wildman–Crippen LogP) is 3.84. The number of aromatic nitrogens is 2.